The predicted octanol–water partition coefficient (Wildman–Crippen LogP) is 0.254. The number of carbonyl (C=O) groups excluding carboxylic acids is 1. The molecule has 1 aromatic rings. The summed E-state index contributed by atoms with van der Waals surface area (Å²) < 4.78 is 26.9. The second-order valence-corrected chi connectivity index (χ2v) is 7.15. The van der Waals surface area contributed by atoms with Crippen LogP contribution in [0.2, 0.25) is 0 Å². The van der Waals surface area contributed by atoms with E-state index in [0.717, 1.165) is 19.3 Å². The highest BCUT2D eigenvalue weighted by Gasteiger charge is 2.33. The zero-order valence-electron chi connectivity index (χ0n) is 11.3. The summed E-state index contributed by atoms with van der Waals surface area (Å²) in [5.41, 5.74) is 11.6. The Hall–Kier alpha value is -1.44. The van der Waals surface area contributed by atoms with Crippen molar-refractivity contribution < 1.29 is 13.2 Å². The SMILES string of the molecule is Cc1ccc(S(=O)(=O)NCC2(N)CCC2)cc1C(N)=O. The third-order valence-corrected chi connectivity index (χ3v) is 5.15. The summed E-state index contributed by atoms with van der Waals surface area (Å²) in [6, 6.07) is 4.31. The fourth-order valence-electron chi connectivity index (χ4n) is 2.16. The Morgan fingerprint density at radius 1 is 1.40 bits per heavy atom. The summed E-state index contributed by atoms with van der Waals surface area (Å²) in [4.78, 5) is 11.3. The molecule has 1 fully saturated rings. The van der Waals surface area contributed by atoms with Crippen molar-refractivity contribution in [3.8, 4) is 0 Å². The van der Waals surface area contributed by atoms with Gasteiger partial charge in [0.15, 0.2) is 0 Å². The first-order chi connectivity index (χ1) is 9.23. The summed E-state index contributed by atoms with van der Waals surface area (Å²) in [6.07, 6.45) is 2.65. The number of hydrogen-bond donors (Lipinski definition) is 3. The third kappa shape index (κ3) is 3.00. The summed E-state index contributed by atoms with van der Waals surface area (Å²) in [6.45, 7) is 1.91. The number of aryl methyl sites for hydroxylation is 1. The van der Waals surface area contributed by atoms with Gasteiger partial charge in [-0.05, 0) is 43.9 Å². The van der Waals surface area contributed by atoms with E-state index in [1.807, 2.05) is 0 Å². The van der Waals surface area contributed by atoms with Crippen molar-refractivity contribution >= 4 is 15.9 Å². The van der Waals surface area contributed by atoms with Crippen molar-refractivity contribution in [3.63, 3.8) is 0 Å². The van der Waals surface area contributed by atoms with Crippen LogP contribution in [0.25, 0.3) is 0 Å². The van der Waals surface area contributed by atoms with Gasteiger partial charge in [0, 0.05) is 17.6 Å². The van der Waals surface area contributed by atoms with Gasteiger partial charge >= 0.3 is 0 Å². The van der Waals surface area contributed by atoms with Crippen LogP contribution >= 0.6 is 0 Å². The highest BCUT2D eigenvalue weighted by Crippen LogP contribution is 2.28. The van der Waals surface area contributed by atoms with E-state index in [9.17, 15) is 13.2 Å². The van der Waals surface area contributed by atoms with E-state index in [1.54, 1.807) is 13.0 Å². The average molecular weight is 297 g/mol. The molecule has 1 aliphatic rings. The van der Waals surface area contributed by atoms with Crippen LogP contribution in [-0.4, -0.2) is 26.4 Å². The zero-order valence-corrected chi connectivity index (χ0v) is 12.2. The molecule has 6 nitrogen and oxygen atoms in total. The van der Waals surface area contributed by atoms with Gasteiger partial charge in [0.2, 0.25) is 15.9 Å². The van der Waals surface area contributed by atoms with E-state index in [-0.39, 0.29) is 17.0 Å². The molecule has 5 N–H and O–H groups in total. The first-order valence-corrected chi connectivity index (χ1v) is 7.91. The van der Waals surface area contributed by atoms with Crippen molar-refractivity contribution in [2.75, 3.05) is 6.54 Å². The van der Waals surface area contributed by atoms with Crippen molar-refractivity contribution in [2.24, 2.45) is 11.5 Å². The maximum absolute atomic E-state index is 12.2. The summed E-state index contributed by atoms with van der Waals surface area (Å²) in [5.74, 6) is -0.645. The van der Waals surface area contributed by atoms with Crippen LogP contribution in [0.4, 0.5) is 0 Å². The molecule has 0 atom stereocenters. The lowest BCUT2D eigenvalue weighted by atomic mass is 9.78. The predicted molar refractivity (Wildman–Crippen MR) is 75.7 cm³/mol. The lowest BCUT2D eigenvalue weighted by molar-refractivity contribution is 0.0999. The molecule has 0 aliphatic heterocycles. The Kier molecular flexibility index (Phi) is 3.86. The van der Waals surface area contributed by atoms with E-state index < -0.39 is 21.5 Å². The van der Waals surface area contributed by atoms with Gasteiger partial charge in [0.1, 0.15) is 0 Å². The molecule has 20 heavy (non-hydrogen) atoms. The molecule has 7 heteroatoms. The van der Waals surface area contributed by atoms with E-state index in [0.29, 0.717) is 5.56 Å². The molecular formula is C13H19N3O3S. The fraction of sp³-hybridized carbons (Fsp3) is 0.462. The highest BCUT2D eigenvalue weighted by atomic mass is 32.2. The minimum Gasteiger partial charge on any atom is -0.366 e. The lowest BCUT2D eigenvalue weighted by Crippen LogP contribution is -2.54. The molecule has 110 valence electrons. The Bertz CT molecular complexity index is 636. The van der Waals surface area contributed by atoms with E-state index >= 15 is 0 Å². The van der Waals surface area contributed by atoms with Gasteiger partial charge < -0.3 is 11.5 Å². The minimum atomic E-state index is -3.68. The van der Waals surface area contributed by atoms with Crippen LogP contribution in [0.5, 0.6) is 0 Å². The summed E-state index contributed by atoms with van der Waals surface area (Å²) in [5, 5.41) is 0. The molecule has 1 amide bonds. The van der Waals surface area contributed by atoms with Gasteiger partial charge in [-0.1, -0.05) is 6.07 Å². The molecule has 0 aromatic heterocycles. The number of rotatable bonds is 5. The molecule has 2 rings (SSSR count). The number of nitrogens with two attached hydrogens (primary N) is 2. The number of nitrogens with one attached hydrogen (secondary N) is 1. The third-order valence-electron chi connectivity index (χ3n) is 3.75. The average Bonchev–Trinajstić information content (AvgIpc) is 2.34. The maximum Gasteiger partial charge on any atom is 0.249 e. The maximum atomic E-state index is 12.2. The first kappa shape index (κ1) is 15.0. The number of benzene rings is 1. The molecule has 0 radical (unpaired) electrons. The fourth-order valence-corrected chi connectivity index (χ4v) is 3.33. The molecule has 0 spiro atoms. The highest BCUT2D eigenvalue weighted by molar-refractivity contribution is 7.89. The van der Waals surface area contributed by atoms with E-state index in [2.05, 4.69) is 4.72 Å². The number of carbonyl (C=O) groups is 1. The quantitative estimate of drug-likeness (QED) is 0.722. The second-order valence-electron chi connectivity index (χ2n) is 5.38. The smallest absolute Gasteiger partial charge is 0.249 e. The Morgan fingerprint density at radius 2 is 2.05 bits per heavy atom. The van der Waals surface area contributed by atoms with Crippen molar-refractivity contribution in [2.45, 2.75) is 36.6 Å². The molecule has 0 unspecified atom stereocenters. The zero-order chi connectivity index (χ0) is 15.0. The summed E-state index contributed by atoms with van der Waals surface area (Å²) in [7, 11) is -3.68. The molecule has 1 aliphatic carbocycles. The van der Waals surface area contributed by atoms with Gasteiger partial charge in [0.05, 0.1) is 4.90 Å². The molecule has 0 bridgehead atoms. The second kappa shape index (κ2) is 5.16. The number of hydrogen-bond acceptors (Lipinski definition) is 4. The molecule has 1 saturated carbocycles. The van der Waals surface area contributed by atoms with Crippen LogP contribution in [0.15, 0.2) is 23.1 Å². The monoisotopic (exact) mass is 297 g/mol. The standard InChI is InChI=1S/C13H19N3O3S/c1-9-3-4-10(7-11(9)12(14)17)20(18,19)16-8-13(15)5-2-6-13/h3-4,7,16H,2,5-6,8,15H2,1H3,(H2,14,17). The van der Waals surface area contributed by atoms with Gasteiger partial charge in [0.25, 0.3) is 0 Å². The van der Waals surface area contributed by atoms with Gasteiger partial charge in [-0.3, -0.25) is 4.79 Å². The molecule has 0 heterocycles. The Morgan fingerprint density at radius 3 is 2.55 bits per heavy atom. The molecule has 0 saturated heterocycles. The van der Waals surface area contributed by atoms with Crippen LogP contribution in [0, 0.1) is 6.92 Å². The molecule has 1 aromatic carbocycles. The Balaban J connectivity index is 2.21. The number of primary amides is 1. The number of sulfonamides is 1. The minimum absolute atomic E-state index is 0.0276. The van der Waals surface area contributed by atoms with Gasteiger partial charge in [-0.2, -0.15) is 0 Å². The van der Waals surface area contributed by atoms with Gasteiger partial charge in [-0.25, -0.2) is 13.1 Å². The normalized spacial score (nSPS) is 17.5. The van der Waals surface area contributed by atoms with Crippen molar-refractivity contribution in [3.05, 3.63) is 29.3 Å². The summed E-state index contributed by atoms with van der Waals surface area (Å²) >= 11 is 0. The van der Waals surface area contributed by atoms with Crippen LogP contribution in [0.3, 0.4) is 0 Å². The van der Waals surface area contributed by atoms with E-state index in [4.69, 9.17) is 11.5 Å². The topological polar surface area (TPSA) is 115 Å². The van der Waals surface area contributed by atoms with Crippen molar-refractivity contribution in [1.82, 2.24) is 4.72 Å². The van der Waals surface area contributed by atoms with Crippen molar-refractivity contribution in [1.29, 1.82) is 0 Å². The van der Waals surface area contributed by atoms with E-state index in [1.165, 1.54) is 12.1 Å². The van der Waals surface area contributed by atoms with Crippen LogP contribution < -0.4 is 16.2 Å². The van der Waals surface area contributed by atoms with Crippen LogP contribution in [0.1, 0.15) is 35.2 Å². The number of amides is 1. The first-order valence-electron chi connectivity index (χ1n) is 6.43. The lowest BCUT2D eigenvalue weighted by Gasteiger charge is -2.38. The molecular weight excluding hydrogens is 278 g/mol. The largest absolute Gasteiger partial charge is 0.366 e. The van der Waals surface area contributed by atoms with Gasteiger partial charge in [-0.15, -0.1) is 0 Å². The van der Waals surface area contributed by atoms with Crippen LogP contribution in [-0.2, 0) is 10.0 Å². The Labute approximate surface area is 118 Å².